The van der Waals surface area contributed by atoms with Crippen LogP contribution in [0.4, 0.5) is 0 Å². The van der Waals surface area contributed by atoms with E-state index in [0.29, 0.717) is 13.0 Å². The summed E-state index contributed by atoms with van der Waals surface area (Å²) in [5.74, 6) is 1.61. The molecule has 0 aromatic carbocycles. The molecule has 0 amide bonds. The van der Waals surface area contributed by atoms with E-state index in [1.807, 2.05) is 6.08 Å². The zero-order chi connectivity index (χ0) is 10.5. The molecule has 0 atom stereocenters. The molecule has 0 saturated heterocycles. The van der Waals surface area contributed by atoms with Gasteiger partial charge in [-0.2, -0.15) is 0 Å². The Bertz CT molecular complexity index is 351. The molecular formula is C12H15NO2. The van der Waals surface area contributed by atoms with Gasteiger partial charge in [0.15, 0.2) is 5.76 Å². The smallest absolute Gasteiger partial charge is 0.165 e. The monoisotopic (exact) mass is 205 g/mol. The Morgan fingerprint density at radius 3 is 3.00 bits per heavy atom. The third kappa shape index (κ3) is 2.50. The third-order valence-corrected chi connectivity index (χ3v) is 2.34. The van der Waals surface area contributed by atoms with Crippen LogP contribution in [0.15, 0.2) is 47.8 Å². The maximum Gasteiger partial charge on any atom is 0.165 e. The molecular weight excluding hydrogens is 190 g/mol. The molecule has 0 aromatic rings. The van der Waals surface area contributed by atoms with Gasteiger partial charge in [0.1, 0.15) is 18.3 Å². The topological polar surface area (TPSA) is 44.5 Å². The van der Waals surface area contributed by atoms with Crippen LogP contribution < -0.4 is 5.73 Å². The predicted molar refractivity (Wildman–Crippen MR) is 58.5 cm³/mol. The Balaban J connectivity index is 2.02. The van der Waals surface area contributed by atoms with Gasteiger partial charge in [0.25, 0.3) is 0 Å². The van der Waals surface area contributed by atoms with Crippen molar-refractivity contribution in [3.05, 3.63) is 47.8 Å². The normalized spacial score (nSPS) is 19.7. The van der Waals surface area contributed by atoms with E-state index in [-0.39, 0.29) is 0 Å². The SMILES string of the molecule is NCCC1=COC=C(C2=CC=CCC2)O1. The summed E-state index contributed by atoms with van der Waals surface area (Å²) in [5, 5.41) is 0. The number of nitrogens with two attached hydrogens (primary N) is 1. The minimum Gasteiger partial charge on any atom is -0.465 e. The van der Waals surface area contributed by atoms with E-state index in [1.54, 1.807) is 12.5 Å². The molecule has 0 bridgehead atoms. The molecule has 0 unspecified atom stereocenters. The Morgan fingerprint density at radius 1 is 1.33 bits per heavy atom. The average molecular weight is 205 g/mol. The zero-order valence-electron chi connectivity index (χ0n) is 8.61. The largest absolute Gasteiger partial charge is 0.465 e. The lowest BCUT2D eigenvalue weighted by Crippen LogP contribution is -2.07. The minimum absolute atomic E-state index is 0.571. The van der Waals surface area contributed by atoms with Crippen molar-refractivity contribution in [2.24, 2.45) is 5.73 Å². The first-order valence-corrected chi connectivity index (χ1v) is 5.19. The fraction of sp³-hybridized carbons (Fsp3) is 0.333. The zero-order valence-corrected chi connectivity index (χ0v) is 8.61. The number of rotatable bonds is 3. The van der Waals surface area contributed by atoms with E-state index in [0.717, 1.165) is 24.4 Å². The van der Waals surface area contributed by atoms with Crippen molar-refractivity contribution in [2.75, 3.05) is 6.54 Å². The average Bonchev–Trinajstić information content (AvgIpc) is 2.31. The van der Waals surface area contributed by atoms with Gasteiger partial charge in [-0.25, -0.2) is 0 Å². The van der Waals surface area contributed by atoms with Crippen molar-refractivity contribution < 1.29 is 9.47 Å². The highest BCUT2D eigenvalue weighted by molar-refractivity contribution is 5.33. The molecule has 2 rings (SSSR count). The number of ether oxygens (including phenoxy) is 2. The third-order valence-electron chi connectivity index (χ3n) is 2.34. The highest BCUT2D eigenvalue weighted by atomic mass is 16.5. The predicted octanol–water partition coefficient (Wildman–Crippen LogP) is 2.34. The lowest BCUT2D eigenvalue weighted by atomic mass is 10.0. The molecule has 15 heavy (non-hydrogen) atoms. The quantitative estimate of drug-likeness (QED) is 0.769. The lowest BCUT2D eigenvalue weighted by Gasteiger charge is -2.19. The molecule has 2 aliphatic rings. The lowest BCUT2D eigenvalue weighted by molar-refractivity contribution is 0.220. The van der Waals surface area contributed by atoms with Gasteiger partial charge in [-0.05, 0) is 25.0 Å². The van der Waals surface area contributed by atoms with Crippen LogP contribution in [0.3, 0.4) is 0 Å². The van der Waals surface area contributed by atoms with E-state index in [1.165, 1.54) is 5.57 Å². The van der Waals surface area contributed by atoms with Gasteiger partial charge in [-0.15, -0.1) is 0 Å². The van der Waals surface area contributed by atoms with Crippen LogP contribution in [0.2, 0.25) is 0 Å². The van der Waals surface area contributed by atoms with Gasteiger partial charge in [0, 0.05) is 6.42 Å². The summed E-state index contributed by atoms with van der Waals surface area (Å²) in [5.41, 5.74) is 6.64. The second kappa shape index (κ2) is 4.84. The fourth-order valence-electron chi connectivity index (χ4n) is 1.56. The van der Waals surface area contributed by atoms with E-state index in [4.69, 9.17) is 15.2 Å². The van der Waals surface area contributed by atoms with E-state index in [9.17, 15) is 0 Å². The second-order valence-corrected chi connectivity index (χ2v) is 3.50. The summed E-state index contributed by atoms with van der Waals surface area (Å²) in [4.78, 5) is 0. The summed E-state index contributed by atoms with van der Waals surface area (Å²) in [7, 11) is 0. The standard InChI is InChI=1S/C12H15NO2/c13-7-6-11-8-14-9-12(15-11)10-4-2-1-3-5-10/h1-2,4,8-9H,3,5-7,13H2. The summed E-state index contributed by atoms with van der Waals surface area (Å²) >= 11 is 0. The second-order valence-electron chi connectivity index (χ2n) is 3.50. The molecule has 3 heteroatoms. The molecule has 0 aromatic heterocycles. The molecule has 0 saturated carbocycles. The van der Waals surface area contributed by atoms with Gasteiger partial charge in [-0.1, -0.05) is 18.2 Å². The molecule has 80 valence electrons. The van der Waals surface area contributed by atoms with Crippen LogP contribution in [0, 0.1) is 0 Å². The molecule has 0 radical (unpaired) electrons. The van der Waals surface area contributed by atoms with Gasteiger partial charge >= 0.3 is 0 Å². The van der Waals surface area contributed by atoms with Gasteiger partial charge in [-0.3, -0.25) is 0 Å². The first-order valence-electron chi connectivity index (χ1n) is 5.19. The van der Waals surface area contributed by atoms with Gasteiger partial charge < -0.3 is 15.2 Å². The molecule has 1 heterocycles. The summed E-state index contributed by atoms with van der Waals surface area (Å²) in [6.45, 7) is 0.571. The molecule has 1 aliphatic heterocycles. The van der Waals surface area contributed by atoms with Gasteiger partial charge in [0.05, 0.1) is 0 Å². The summed E-state index contributed by atoms with van der Waals surface area (Å²) < 4.78 is 10.9. The molecule has 0 spiro atoms. The van der Waals surface area contributed by atoms with E-state index >= 15 is 0 Å². The van der Waals surface area contributed by atoms with Crippen LogP contribution >= 0.6 is 0 Å². The molecule has 3 nitrogen and oxygen atoms in total. The maximum atomic E-state index is 5.68. The fourth-order valence-corrected chi connectivity index (χ4v) is 1.56. The van der Waals surface area contributed by atoms with Crippen molar-refractivity contribution >= 4 is 0 Å². The van der Waals surface area contributed by atoms with Crippen LogP contribution in [-0.2, 0) is 9.47 Å². The molecule has 1 aliphatic carbocycles. The Morgan fingerprint density at radius 2 is 2.27 bits per heavy atom. The van der Waals surface area contributed by atoms with Crippen molar-refractivity contribution in [1.29, 1.82) is 0 Å². The van der Waals surface area contributed by atoms with E-state index < -0.39 is 0 Å². The first-order chi connectivity index (χ1) is 7.40. The molecule has 2 N–H and O–H groups in total. The highest BCUT2D eigenvalue weighted by Gasteiger charge is 2.14. The minimum atomic E-state index is 0.571. The number of allylic oxidation sites excluding steroid dienone is 4. The molecule has 0 fully saturated rings. The van der Waals surface area contributed by atoms with Crippen LogP contribution in [-0.4, -0.2) is 6.54 Å². The van der Waals surface area contributed by atoms with Crippen molar-refractivity contribution in [2.45, 2.75) is 19.3 Å². The number of hydrogen-bond acceptors (Lipinski definition) is 3. The van der Waals surface area contributed by atoms with Crippen LogP contribution in [0.25, 0.3) is 0 Å². The van der Waals surface area contributed by atoms with Crippen molar-refractivity contribution in [1.82, 2.24) is 0 Å². The Hall–Kier alpha value is -1.48. The first kappa shape index (κ1) is 10.1. The maximum absolute atomic E-state index is 5.68. The van der Waals surface area contributed by atoms with Crippen molar-refractivity contribution in [3.63, 3.8) is 0 Å². The van der Waals surface area contributed by atoms with Crippen LogP contribution in [0.1, 0.15) is 19.3 Å². The van der Waals surface area contributed by atoms with Crippen LogP contribution in [0.5, 0.6) is 0 Å². The van der Waals surface area contributed by atoms with Gasteiger partial charge in [0.2, 0.25) is 0 Å². The highest BCUT2D eigenvalue weighted by Crippen LogP contribution is 2.26. The summed E-state index contributed by atoms with van der Waals surface area (Å²) in [6, 6.07) is 0. The van der Waals surface area contributed by atoms with Crippen molar-refractivity contribution in [3.8, 4) is 0 Å². The summed E-state index contributed by atoms with van der Waals surface area (Å²) in [6.07, 6.45) is 12.3. The van der Waals surface area contributed by atoms with E-state index in [2.05, 4.69) is 12.2 Å². The Kier molecular flexibility index (Phi) is 3.25. The number of hydrogen-bond donors (Lipinski definition) is 1. The Labute approximate surface area is 89.6 Å².